The molecule has 0 amide bonds. The maximum Gasteiger partial charge on any atom is 0.184 e. The van der Waals surface area contributed by atoms with Gasteiger partial charge in [-0.05, 0) is 30.4 Å². The highest BCUT2D eigenvalue weighted by Crippen LogP contribution is 2.47. The number of nitrogens with zero attached hydrogens (tertiary/aromatic N) is 2. The van der Waals surface area contributed by atoms with Crippen LogP contribution in [0.15, 0.2) is 36.7 Å². The molecule has 2 aliphatic rings. The molecule has 32 heavy (non-hydrogen) atoms. The number of ether oxygens (including phenoxy) is 3. The fourth-order valence-electron chi connectivity index (χ4n) is 5.07. The lowest BCUT2D eigenvalue weighted by atomic mass is 9.78. The molecule has 174 valence electrons. The third-order valence-corrected chi connectivity index (χ3v) is 6.96. The Bertz CT molecular complexity index is 824. The predicted molar refractivity (Wildman–Crippen MR) is 126 cm³/mol. The number of methoxy groups -OCH3 is 1. The normalized spacial score (nSPS) is 25.4. The minimum absolute atomic E-state index is 0.237. The van der Waals surface area contributed by atoms with Gasteiger partial charge in [-0.3, -0.25) is 0 Å². The number of rotatable bonds is 10. The Morgan fingerprint density at radius 3 is 2.44 bits per heavy atom. The molecule has 3 atom stereocenters. The van der Waals surface area contributed by atoms with Crippen molar-refractivity contribution in [2.75, 3.05) is 13.7 Å². The molecule has 5 heteroatoms. The lowest BCUT2D eigenvalue weighted by Crippen LogP contribution is -2.41. The van der Waals surface area contributed by atoms with Crippen molar-refractivity contribution in [3.63, 3.8) is 0 Å². The quantitative estimate of drug-likeness (QED) is 0.401. The molecule has 1 aromatic carbocycles. The highest BCUT2D eigenvalue weighted by molar-refractivity contribution is 5.61. The Kier molecular flexibility index (Phi) is 8.28. The zero-order valence-electron chi connectivity index (χ0n) is 19.7. The number of hydrogen-bond acceptors (Lipinski definition) is 5. The summed E-state index contributed by atoms with van der Waals surface area (Å²) in [6.07, 6.45) is 16.7. The van der Waals surface area contributed by atoms with Gasteiger partial charge in [-0.1, -0.05) is 69.7 Å². The Hall–Kier alpha value is -1.82. The van der Waals surface area contributed by atoms with Gasteiger partial charge in [-0.15, -0.1) is 0 Å². The summed E-state index contributed by atoms with van der Waals surface area (Å²) in [5, 5.41) is 0. The highest BCUT2D eigenvalue weighted by atomic mass is 16.8. The molecule has 2 fully saturated rings. The second-order valence-electron chi connectivity index (χ2n) is 9.23. The van der Waals surface area contributed by atoms with E-state index < -0.39 is 5.79 Å². The molecule has 0 N–H and O–H groups in total. The molecule has 5 nitrogen and oxygen atoms in total. The van der Waals surface area contributed by atoms with Crippen molar-refractivity contribution in [2.24, 2.45) is 0 Å². The summed E-state index contributed by atoms with van der Waals surface area (Å²) in [4.78, 5) is 9.22. The molecular weight excluding hydrogens is 400 g/mol. The predicted octanol–water partition coefficient (Wildman–Crippen LogP) is 6.42. The van der Waals surface area contributed by atoms with Crippen LogP contribution in [0.1, 0.15) is 88.4 Å². The SMILES string of the molecule is CCCCCCCCc1ncc(-c2ccc(C3CCCC[C@@]34OCC(OC)O4)cc2)cn1. The maximum absolute atomic E-state index is 6.23. The van der Waals surface area contributed by atoms with E-state index in [-0.39, 0.29) is 12.2 Å². The van der Waals surface area contributed by atoms with Crippen molar-refractivity contribution in [1.29, 1.82) is 0 Å². The van der Waals surface area contributed by atoms with E-state index in [9.17, 15) is 0 Å². The molecular formula is C27H38N2O3. The summed E-state index contributed by atoms with van der Waals surface area (Å²) in [7, 11) is 1.68. The van der Waals surface area contributed by atoms with E-state index in [2.05, 4.69) is 41.2 Å². The second-order valence-corrected chi connectivity index (χ2v) is 9.23. The smallest absolute Gasteiger partial charge is 0.184 e. The van der Waals surface area contributed by atoms with E-state index in [1.807, 2.05) is 12.4 Å². The second kappa shape index (κ2) is 11.4. The van der Waals surface area contributed by atoms with Crippen molar-refractivity contribution in [3.8, 4) is 11.1 Å². The van der Waals surface area contributed by atoms with Crippen molar-refractivity contribution in [2.45, 2.75) is 95.5 Å². The minimum atomic E-state index is -0.540. The van der Waals surface area contributed by atoms with Crippen LogP contribution in [0.3, 0.4) is 0 Å². The first-order chi connectivity index (χ1) is 15.7. The number of benzene rings is 1. The van der Waals surface area contributed by atoms with Crippen molar-refractivity contribution in [3.05, 3.63) is 48.0 Å². The van der Waals surface area contributed by atoms with Gasteiger partial charge in [-0.25, -0.2) is 9.97 Å². The summed E-state index contributed by atoms with van der Waals surface area (Å²) in [5.41, 5.74) is 3.48. The zero-order valence-corrected chi connectivity index (χ0v) is 19.7. The fourth-order valence-corrected chi connectivity index (χ4v) is 5.07. The first-order valence-electron chi connectivity index (χ1n) is 12.5. The van der Waals surface area contributed by atoms with Gasteiger partial charge in [0.15, 0.2) is 12.1 Å². The van der Waals surface area contributed by atoms with E-state index in [0.29, 0.717) is 6.61 Å². The average Bonchev–Trinajstić information content (AvgIpc) is 3.25. The van der Waals surface area contributed by atoms with Gasteiger partial charge in [0.05, 0.1) is 0 Å². The Morgan fingerprint density at radius 1 is 0.969 bits per heavy atom. The molecule has 1 aliphatic carbocycles. The van der Waals surface area contributed by atoms with Crippen LogP contribution in [0.25, 0.3) is 11.1 Å². The van der Waals surface area contributed by atoms with Gasteiger partial charge >= 0.3 is 0 Å². The van der Waals surface area contributed by atoms with Crippen LogP contribution in [0.5, 0.6) is 0 Å². The van der Waals surface area contributed by atoms with E-state index >= 15 is 0 Å². The molecule has 1 saturated heterocycles. The molecule has 2 unspecified atom stereocenters. The first kappa shape index (κ1) is 23.3. The molecule has 2 heterocycles. The molecule has 2 aromatic rings. The summed E-state index contributed by atoms with van der Waals surface area (Å²) in [6, 6.07) is 8.77. The van der Waals surface area contributed by atoms with Crippen molar-refractivity contribution < 1.29 is 14.2 Å². The number of aromatic nitrogens is 2. The Balaban J connectivity index is 1.36. The Labute approximate surface area is 192 Å². The summed E-state index contributed by atoms with van der Waals surface area (Å²) < 4.78 is 17.8. The van der Waals surface area contributed by atoms with Gasteiger partial charge in [0.2, 0.25) is 0 Å². The third-order valence-electron chi connectivity index (χ3n) is 6.96. The maximum atomic E-state index is 6.23. The zero-order chi connectivity index (χ0) is 22.2. The number of unbranched alkanes of at least 4 members (excludes halogenated alkanes) is 5. The van der Waals surface area contributed by atoms with Gasteiger partial charge in [0.25, 0.3) is 0 Å². The van der Waals surface area contributed by atoms with E-state index in [1.165, 1.54) is 50.5 Å². The first-order valence-corrected chi connectivity index (χ1v) is 12.5. The fraction of sp³-hybridized carbons (Fsp3) is 0.630. The molecule has 1 aromatic heterocycles. The topological polar surface area (TPSA) is 53.5 Å². The lowest BCUT2D eigenvalue weighted by molar-refractivity contribution is -0.230. The minimum Gasteiger partial charge on any atom is -0.353 e. The summed E-state index contributed by atoms with van der Waals surface area (Å²) >= 11 is 0. The van der Waals surface area contributed by atoms with E-state index in [0.717, 1.165) is 42.6 Å². The van der Waals surface area contributed by atoms with Gasteiger partial charge in [0.1, 0.15) is 12.4 Å². The highest BCUT2D eigenvalue weighted by Gasteiger charge is 2.49. The molecule has 1 spiro atoms. The monoisotopic (exact) mass is 438 g/mol. The molecule has 1 aliphatic heterocycles. The van der Waals surface area contributed by atoms with E-state index in [4.69, 9.17) is 14.2 Å². The largest absolute Gasteiger partial charge is 0.353 e. The lowest BCUT2D eigenvalue weighted by Gasteiger charge is -2.39. The Morgan fingerprint density at radius 2 is 1.72 bits per heavy atom. The van der Waals surface area contributed by atoms with Gasteiger partial charge in [-0.2, -0.15) is 0 Å². The van der Waals surface area contributed by atoms with Gasteiger partial charge < -0.3 is 14.2 Å². The molecule has 4 rings (SSSR count). The van der Waals surface area contributed by atoms with Crippen LogP contribution in [0.4, 0.5) is 0 Å². The van der Waals surface area contributed by atoms with Crippen LogP contribution in [0, 0.1) is 0 Å². The van der Waals surface area contributed by atoms with E-state index in [1.54, 1.807) is 7.11 Å². The van der Waals surface area contributed by atoms with Crippen LogP contribution < -0.4 is 0 Å². The number of hydrogen-bond donors (Lipinski definition) is 0. The van der Waals surface area contributed by atoms with Crippen LogP contribution in [0.2, 0.25) is 0 Å². The standard InChI is InChI=1S/C27H38N2O3/c1-3-4-5-6-7-8-12-25-28-18-23(19-29-25)21-13-15-22(16-14-21)24-11-9-10-17-27(24)31-20-26(30-2)32-27/h13-16,18-19,24,26H,3-12,17,20H2,1-2H3/t24?,26?,27-/m0/s1. The van der Waals surface area contributed by atoms with Crippen molar-refractivity contribution in [1.82, 2.24) is 9.97 Å². The molecule has 1 saturated carbocycles. The summed E-state index contributed by atoms with van der Waals surface area (Å²) in [6.45, 7) is 2.76. The van der Waals surface area contributed by atoms with Crippen LogP contribution in [-0.4, -0.2) is 35.8 Å². The molecule has 0 bridgehead atoms. The van der Waals surface area contributed by atoms with Crippen LogP contribution in [-0.2, 0) is 20.6 Å². The van der Waals surface area contributed by atoms with Crippen molar-refractivity contribution >= 4 is 0 Å². The molecule has 0 radical (unpaired) electrons. The average molecular weight is 439 g/mol. The van der Waals surface area contributed by atoms with Crippen LogP contribution >= 0.6 is 0 Å². The summed E-state index contributed by atoms with van der Waals surface area (Å²) in [5.74, 6) is 0.650. The third kappa shape index (κ3) is 5.56. The number of aryl methyl sites for hydroxylation is 1. The van der Waals surface area contributed by atoms with Gasteiger partial charge in [0, 0.05) is 43.8 Å².